The first-order valence-corrected chi connectivity index (χ1v) is 7.28. The molecule has 0 spiro atoms. The SMILES string of the molecule is COc1ccc(-c2c(CN)[nH]c(C(C)=O)c2Cl)c(OC)c1OC. The molecule has 1 aromatic heterocycles. The summed E-state index contributed by atoms with van der Waals surface area (Å²) in [6.45, 7) is 1.63. The largest absolute Gasteiger partial charge is 0.493 e. The molecule has 0 atom stereocenters. The minimum absolute atomic E-state index is 0.171. The Labute approximate surface area is 139 Å². The van der Waals surface area contributed by atoms with Gasteiger partial charge < -0.3 is 24.9 Å². The first-order chi connectivity index (χ1) is 11.0. The van der Waals surface area contributed by atoms with Gasteiger partial charge in [-0.25, -0.2) is 0 Å². The summed E-state index contributed by atoms with van der Waals surface area (Å²) in [4.78, 5) is 14.7. The molecular weight excluding hydrogens is 320 g/mol. The molecule has 0 unspecified atom stereocenters. The summed E-state index contributed by atoms with van der Waals surface area (Å²) in [7, 11) is 4.59. The fraction of sp³-hybridized carbons (Fsp3) is 0.312. The highest BCUT2D eigenvalue weighted by Crippen LogP contribution is 2.47. The molecule has 0 aliphatic carbocycles. The number of hydrogen-bond donors (Lipinski definition) is 2. The molecule has 124 valence electrons. The van der Waals surface area contributed by atoms with Crippen molar-refractivity contribution in [1.82, 2.24) is 4.98 Å². The average molecular weight is 339 g/mol. The van der Waals surface area contributed by atoms with Crippen LogP contribution in [0.1, 0.15) is 23.1 Å². The normalized spacial score (nSPS) is 10.5. The van der Waals surface area contributed by atoms with Gasteiger partial charge in [0.2, 0.25) is 5.75 Å². The number of hydrogen-bond acceptors (Lipinski definition) is 5. The number of aromatic amines is 1. The smallest absolute Gasteiger partial charge is 0.203 e. The molecule has 0 fully saturated rings. The maximum Gasteiger partial charge on any atom is 0.203 e. The van der Waals surface area contributed by atoms with Crippen LogP contribution in [0.2, 0.25) is 5.02 Å². The van der Waals surface area contributed by atoms with E-state index < -0.39 is 0 Å². The van der Waals surface area contributed by atoms with Crippen molar-refractivity contribution in [3.8, 4) is 28.4 Å². The number of nitrogens with two attached hydrogens (primary N) is 1. The molecule has 2 aromatic rings. The fourth-order valence-electron chi connectivity index (χ4n) is 2.50. The lowest BCUT2D eigenvalue weighted by Crippen LogP contribution is -2.01. The molecule has 3 N–H and O–H groups in total. The standard InChI is InChI=1S/C16H19ClN2O4/c1-8(20)14-13(17)12(10(7-18)19-14)9-5-6-11(21-2)16(23-4)15(9)22-3/h5-6,19H,7,18H2,1-4H3. The highest BCUT2D eigenvalue weighted by molar-refractivity contribution is 6.36. The zero-order valence-corrected chi connectivity index (χ0v) is 14.2. The third-order valence-electron chi connectivity index (χ3n) is 3.55. The molecule has 0 saturated heterocycles. The van der Waals surface area contributed by atoms with Gasteiger partial charge in [-0.3, -0.25) is 4.79 Å². The number of halogens is 1. The van der Waals surface area contributed by atoms with Crippen LogP contribution in [-0.2, 0) is 6.54 Å². The number of benzene rings is 1. The Hall–Kier alpha value is -2.18. The van der Waals surface area contributed by atoms with E-state index >= 15 is 0 Å². The quantitative estimate of drug-likeness (QED) is 0.791. The second-order valence-electron chi connectivity index (χ2n) is 4.81. The van der Waals surface area contributed by atoms with Gasteiger partial charge in [-0.15, -0.1) is 0 Å². The van der Waals surface area contributed by atoms with Crippen molar-refractivity contribution >= 4 is 17.4 Å². The number of Topliss-reactive ketones (excluding diaryl/α,β-unsaturated/α-hetero) is 1. The lowest BCUT2D eigenvalue weighted by molar-refractivity contribution is 0.101. The van der Waals surface area contributed by atoms with Gasteiger partial charge in [0.15, 0.2) is 17.3 Å². The van der Waals surface area contributed by atoms with E-state index in [1.165, 1.54) is 21.1 Å². The molecule has 7 heteroatoms. The van der Waals surface area contributed by atoms with Crippen molar-refractivity contribution in [2.75, 3.05) is 21.3 Å². The van der Waals surface area contributed by atoms with Crippen LogP contribution in [0, 0.1) is 0 Å². The van der Waals surface area contributed by atoms with Gasteiger partial charge in [0.25, 0.3) is 0 Å². The number of ketones is 1. The Morgan fingerprint density at radius 2 is 1.83 bits per heavy atom. The molecule has 1 heterocycles. The van der Waals surface area contributed by atoms with Crippen LogP contribution in [0.5, 0.6) is 17.2 Å². The Balaban J connectivity index is 2.79. The first-order valence-electron chi connectivity index (χ1n) is 6.90. The predicted molar refractivity (Wildman–Crippen MR) is 88.8 cm³/mol. The zero-order valence-electron chi connectivity index (χ0n) is 13.5. The molecule has 2 rings (SSSR count). The van der Waals surface area contributed by atoms with Crippen LogP contribution in [0.4, 0.5) is 0 Å². The van der Waals surface area contributed by atoms with Crippen LogP contribution >= 0.6 is 11.6 Å². The highest BCUT2D eigenvalue weighted by Gasteiger charge is 2.25. The fourth-order valence-corrected chi connectivity index (χ4v) is 2.90. The molecule has 0 aliphatic rings. The Bertz CT molecular complexity index is 740. The van der Waals surface area contributed by atoms with E-state index in [4.69, 9.17) is 31.5 Å². The van der Waals surface area contributed by atoms with E-state index in [1.54, 1.807) is 19.2 Å². The molecule has 1 aromatic carbocycles. The van der Waals surface area contributed by atoms with Crippen LogP contribution in [0.15, 0.2) is 12.1 Å². The summed E-state index contributed by atoms with van der Waals surface area (Å²) in [6.07, 6.45) is 0. The molecule has 0 saturated carbocycles. The van der Waals surface area contributed by atoms with Crippen LogP contribution in [0.25, 0.3) is 11.1 Å². The summed E-state index contributed by atoms with van der Waals surface area (Å²) in [5, 5.41) is 0.309. The first kappa shape index (κ1) is 17.2. The van der Waals surface area contributed by atoms with E-state index in [1.807, 2.05) is 0 Å². The number of carbonyl (C=O) groups is 1. The number of nitrogens with one attached hydrogen (secondary N) is 1. The lowest BCUT2D eigenvalue weighted by Gasteiger charge is -2.16. The number of methoxy groups -OCH3 is 3. The molecule has 0 radical (unpaired) electrons. The topological polar surface area (TPSA) is 86.6 Å². The van der Waals surface area contributed by atoms with Crippen LogP contribution in [0.3, 0.4) is 0 Å². The summed E-state index contributed by atoms with van der Waals surface area (Å²) in [5.74, 6) is 1.26. The molecule has 0 amide bonds. The molecular formula is C16H19ClN2O4. The molecule has 0 aliphatic heterocycles. The van der Waals surface area contributed by atoms with E-state index in [-0.39, 0.29) is 12.3 Å². The van der Waals surface area contributed by atoms with Gasteiger partial charge >= 0.3 is 0 Å². The third kappa shape index (κ3) is 2.87. The number of ether oxygens (including phenoxy) is 3. The summed E-state index contributed by atoms with van der Waals surface area (Å²) >= 11 is 6.40. The monoisotopic (exact) mass is 338 g/mol. The van der Waals surface area contributed by atoms with Gasteiger partial charge in [-0.1, -0.05) is 11.6 Å². The van der Waals surface area contributed by atoms with E-state index in [0.717, 1.165) is 0 Å². The maximum atomic E-state index is 11.7. The second-order valence-corrected chi connectivity index (χ2v) is 5.19. The number of aromatic nitrogens is 1. The third-order valence-corrected chi connectivity index (χ3v) is 3.92. The van der Waals surface area contributed by atoms with E-state index in [2.05, 4.69) is 4.98 Å². The van der Waals surface area contributed by atoms with Crippen molar-refractivity contribution in [2.45, 2.75) is 13.5 Å². The Kier molecular flexibility index (Phi) is 5.18. The predicted octanol–water partition coefficient (Wildman–Crippen LogP) is 3.02. The van der Waals surface area contributed by atoms with Gasteiger partial charge in [0.05, 0.1) is 26.4 Å². The maximum absolute atomic E-state index is 11.7. The summed E-state index contributed by atoms with van der Waals surface area (Å²) in [5.41, 5.74) is 8.04. The zero-order chi connectivity index (χ0) is 17.1. The Morgan fingerprint density at radius 3 is 2.30 bits per heavy atom. The second kappa shape index (κ2) is 6.93. The summed E-state index contributed by atoms with van der Waals surface area (Å²) < 4.78 is 16.1. The van der Waals surface area contributed by atoms with Crippen molar-refractivity contribution < 1.29 is 19.0 Å². The minimum atomic E-state index is -0.171. The van der Waals surface area contributed by atoms with Gasteiger partial charge in [-0.05, 0) is 12.1 Å². The van der Waals surface area contributed by atoms with E-state index in [9.17, 15) is 4.79 Å². The molecule has 6 nitrogen and oxygen atoms in total. The highest BCUT2D eigenvalue weighted by atomic mass is 35.5. The summed E-state index contributed by atoms with van der Waals surface area (Å²) in [6, 6.07) is 3.53. The van der Waals surface area contributed by atoms with Crippen LogP contribution in [-0.4, -0.2) is 32.1 Å². The molecule has 23 heavy (non-hydrogen) atoms. The van der Waals surface area contributed by atoms with Crippen molar-refractivity contribution in [3.05, 3.63) is 28.5 Å². The number of carbonyl (C=O) groups excluding carboxylic acids is 1. The number of rotatable bonds is 6. The lowest BCUT2D eigenvalue weighted by atomic mass is 10.0. The Morgan fingerprint density at radius 1 is 1.17 bits per heavy atom. The van der Waals surface area contributed by atoms with Crippen molar-refractivity contribution in [2.24, 2.45) is 5.73 Å². The molecule has 0 bridgehead atoms. The van der Waals surface area contributed by atoms with Crippen molar-refractivity contribution in [3.63, 3.8) is 0 Å². The minimum Gasteiger partial charge on any atom is -0.493 e. The van der Waals surface area contributed by atoms with Crippen molar-refractivity contribution in [1.29, 1.82) is 0 Å². The van der Waals surface area contributed by atoms with Gasteiger partial charge in [0, 0.05) is 30.3 Å². The van der Waals surface area contributed by atoms with Crippen LogP contribution < -0.4 is 19.9 Å². The number of H-pyrrole nitrogens is 1. The average Bonchev–Trinajstić information content (AvgIpc) is 2.89. The van der Waals surface area contributed by atoms with Gasteiger partial charge in [-0.2, -0.15) is 0 Å². The van der Waals surface area contributed by atoms with E-state index in [0.29, 0.717) is 44.8 Å². The van der Waals surface area contributed by atoms with Gasteiger partial charge in [0.1, 0.15) is 5.69 Å².